The molecule has 0 heterocycles. The van der Waals surface area contributed by atoms with Gasteiger partial charge in [0.15, 0.2) is 5.11 Å². The number of phenolic OH excluding ortho intramolecular Hbond substituents is 1. The molecule has 3 N–H and O–H groups in total. The van der Waals surface area contributed by atoms with E-state index in [1.54, 1.807) is 12.1 Å². The second-order valence-corrected chi connectivity index (χ2v) is 7.14. The Morgan fingerprint density at radius 1 is 1.50 bits per heavy atom. The summed E-state index contributed by atoms with van der Waals surface area (Å²) in [4.78, 5) is 0. The third kappa shape index (κ3) is 6.07. The molecule has 1 aromatic rings. The van der Waals surface area contributed by atoms with Gasteiger partial charge in [0.2, 0.25) is 0 Å². The summed E-state index contributed by atoms with van der Waals surface area (Å²) < 4.78 is 0.514. The molecule has 0 aliphatic carbocycles. The van der Waals surface area contributed by atoms with Crippen LogP contribution in [0.5, 0.6) is 5.75 Å². The van der Waals surface area contributed by atoms with Crippen molar-refractivity contribution in [2.45, 2.75) is 20.8 Å². The molecule has 0 fully saturated rings. The zero-order valence-electron chi connectivity index (χ0n) is 11.5. The second-order valence-electron chi connectivity index (χ2n) is 5.44. The Labute approximate surface area is 137 Å². The van der Waals surface area contributed by atoms with Gasteiger partial charge >= 0.3 is 0 Å². The Kier molecular flexibility index (Phi) is 6.23. The van der Waals surface area contributed by atoms with Crippen molar-refractivity contribution in [1.82, 2.24) is 10.7 Å². The first-order chi connectivity index (χ1) is 9.19. The van der Waals surface area contributed by atoms with Crippen molar-refractivity contribution >= 4 is 51.1 Å². The van der Waals surface area contributed by atoms with Gasteiger partial charge in [-0.2, -0.15) is 5.10 Å². The highest BCUT2D eigenvalue weighted by molar-refractivity contribution is 9.10. The lowest BCUT2D eigenvalue weighted by atomic mass is 9.97. The molecule has 4 nitrogen and oxygen atoms in total. The lowest BCUT2D eigenvalue weighted by Gasteiger charge is -2.19. The Bertz CT molecular complexity index is 529. The van der Waals surface area contributed by atoms with E-state index in [0.29, 0.717) is 20.2 Å². The molecule has 0 amide bonds. The minimum Gasteiger partial charge on any atom is -0.506 e. The minimum atomic E-state index is 0.0773. The molecular formula is C13H17BrClN3OS. The summed E-state index contributed by atoms with van der Waals surface area (Å²) >= 11 is 14.2. The lowest BCUT2D eigenvalue weighted by molar-refractivity contribution is 0.408. The minimum absolute atomic E-state index is 0.0773. The molecule has 0 unspecified atom stereocenters. The zero-order valence-corrected chi connectivity index (χ0v) is 14.7. The second kappa shape index (κ2) is 7.24. The van der Waals surface area contributed by atoms with Gasteiger partial charge in [-0.3, -0.25) is 5.43 Å². The van der Waals surface area contributed by atoms with E-state index in [-0.39, 0.29) is 11.2 Å². The number of hydrogen-bond acceptors (Lipinski definition) is 3. The normalized spacial score (nSPS) is 11.7. The topological polar surface area (TPSA) is 56.7 Å². The average molecular weight is 379 g/mol. The van der Waals surface area contributed by atoms with Crippen molar-refractivity contribution in [3.8, 4) is 5.75 Å². The number of hydrazone groups is 1. The van der Waals surface area contributed by atoms with E-state index in [1.165, 1.54) is 6.21 Å². The van der Waals surface area contributed by atoms with Gasteiger partial charge < -0.3 is 10.4 Å². The molecule has 0 atom stereocenters. The fourth-order valence-electron chi connectivity index (χ4n) is 1.23. The van der Waals surface area contributed by atoms with Gasteiger partial charge in [-0.25, -0.2) is 0 Å². The number of phenols is 1. The molecule has 0 aromatic heterocycles. The van der Waals surface area contributed by atoms with Gasteiger partial charge in [0.05, 0.1) is 10.7 Å². The summed E-state index contributed by atoms with van der Waals surface area (Å²) in [5.41, 5.74) is 3.32. The molecule has 0 radical (unpaired) electrons. The van der Waals surface area contributed by atoms with Crippen LogP contribution in [-0.2, 0) is 0 Å². The van der Waals surface area contributed by atoms with Gasteiger partial charge in [0.25, 0.3) is 0 Å². The number of thiocarbonyl (C=S) groups is 1. The van der Waals surface area contributed by atoms with Crippen molar-refractivity contribution in [2.24, 2.45) is 10.5 Å². The molecule has 0 bridgehead atoms. The first-order valence-corrected chi connectivity index (χ1v) is 7.52. The van der Waals surface area contributed by atoms with Crippen LogP contribution in [0, 0.1) is 5.41 Å². The van der Waals surface area contributed by atoms with Crippen LogP contribution in [0.4, 0.5) is 0 Å². The van der Waals surface area contributed by atoms with E-state index in [1.807, 2.05) is 0 Å². The molecule has 7 heteroatoms. The average Bonchev–Trinajstić information content (AvgIpc) is 2.31. The SMILES string of the molecule is CC(C)(C)CNC(=S)NN=Cc1cc(Cl)cc(Br)c1O. The summed E-state index contributed by atoms with van der Waals surface area (Å²) in [6.07, 6.45) is 1.46. The summed E-state index contributed by atoms with van der Waals surface area (Å²) in [5, 5.41) is 17.8. The van der Waals surface area contributed by atoms with E-state index in [9.17, 15) is 5.11 Å². The van der Waals surface area contributed by atoms with E-state index in [0.717, 1.165) is 6.54 Å². The van der Waals surface area contributed by atoms with E-state index in [4.69, 9.17) is 23.8 Å². The lowest BCUT2D eigenvalue weighted by Crippen LogP contribution is -2.37. The smallest absolute Gasteiger partial charge is 0.186 e. The summed E-state index contributed by atoms with van der Waals surface area (Å²) in [7, 11) is 0. The third-order valence-electron chi connectivity index (χ3n) is 2.21. The Morgan fingerprint density at radius 2 is 2.15 bits per heavy atom. The largest absolute Gasteiger partial charge is 0.506 e. The number of aromatic hydroxyl groups is 1. The van der Waals surface area contributed by atoms with Crippen LogP contribution in [0.2, 0.25) is 5.02 Å². The van der Waals surface area contributed by atoms with E-state index in [2.05, 4.69) is 52.5 Å². The Hall–Kier alpha value is -0.850. The molecule has 20 heavy (non-hydrogen) atoms. The molecule has 0 saturated carbocycles. The van der Waals surface area contributed by atoms with Crippen LogP contribution in [0.3, 0.4) is 0 Å². The van der Waals surface area contributed by atoms with Gasteiger partial charge in [-0.05, 0) is 45.7 Å². The first kappa shape index (κ1) is 17.2. The maximum absolute atomic E-state index is 9.82. The maximum Gasteiger partial charge on any atom is 0.186 e. The Balaban J connectivity index is 2.59. The maximum atomic E-state index is 9.82. The Morgan fingerprint density at radius 3 is 2.75 bits per heavy atom. The van der Waals surface area contributed by atoms with Crippen LogP contribution in [-0.4, -0.2) is 23.0 Å². The fraction of sp³-hybridized carbons (Fsp3) is 0.385. The molecular weight excluding hydrogens is 362 g/mol. The number of benzene rings is 1. The highest BCUT2D eigenvalue weighted by Crippen LogP contribution is 2.30. The van der Waals surface area contributed by atoms with Gasteiger partial charge in [-0.15, -0.1) is 0 Å². The number of halogens is 2. The molecule has 0 spiro atoms. The monoisotopic (exact) mass is 377 g/mol. The quantitative estimate of drug-likeness (QED) is 0.427. The number of rotatable bonds is 3. The van der Waals surface area contributed by atoms with Crippen LogP contribution in [0.25, 0.3) is 0 Å². The summed E-state index contributed by atoms with van der Waals surface area (Å²) in [6.45, 7) is 7.05. The zero-order chi connectivity index (χ0) is 15.3. The molecule has 1 rings (SSSR count). The van der Waals surface area contributed by atoms with Gasteiger partial charge in [0.1, 0.15) is 5.75 Å². The van der Waals surface area contributed by atoms with Gasteiger partial charge in [-0.1, -0.05) is 32.4 Å². The fourth-order valence-corrected chi connectivity index (χ4v) is 2.19. The predicted molar refractivity (Wildman–Crippen MR) is 91.6 cm³/mol. The van der Waals surface area contributed by atoms with Crippen LogP contribution >= 0.6 is 39.7 Å². The van der Waals surface area contributed by atoms with Crippen LogP contribution in [0.1, 0.15) is 26.3 Å². The molecule has 110 valence electrons. The van der Waals surface area contributed by atoms with Crippen molar-refractivity contribution in [3.05, 3.63) is 27.2 Å². The van der Waals surface area contributed by atoms with Crippen LogP contribution in [0.15, 0.2) is 21.7 Å². The number of hydrogen-bond donors (Lipinski definition) is 3. The highest BCUT2D eigenvalue weighted by atomic mass is 79.9. The van der Waals surface area contributed by atoms with E-state index < -0.39 is 0 Å². The van der Waals surface area contributed by atoms with Crippen molar-refractivity contribution in [3.63, 3.8) is 0 Å². The molecule has 0 aliphatic rings. The molecule has 1 aromatic carbocycles. The predicted octanol–water partition coefficient (Wildman–Crippen LogP) is 3.65. The summed E-state index contributed by atoms with van der Waals surface area (Å²) in [6, 6.07) is 3.22. The van der Waals surface area contributed by atoms with Crippen LogP contribution < -0.4 is 10.7 Å². The number of nitrogens with one attached hydrogen (secondary N) is 2. The highest BCUT2D eigenvalue weighted by Gasteiger charge is 2.10. The van der Waals surface area contributed by atoms with Crippen molar-refractivity contribution in [1.29, 1.82) is 0 Å². The van der Waals surface area contributed by atoms with E-state index >= 15 is 0 Å². The van der Waals surface area contributed by atoms with Crippen molar-refractivity contribution < 1.29 is 5.11 Å². The standard InChI is InChI=1S/C13H17BrClN3OS/c1-13(2,3)7-16-12(20)18-17-6-8-4-9(15)5-10(14)11(8)19/h4-6,19H,7H2,1-3H3,(H2,16,18,20). The third-order valence-corrected chi connectivity index (χ3v) is 3.26. The van der Waals surface area contributed by atoms with Crippen molar-refractivity contribution in [2.75, 3.05) is 6.54 Å². The molecule has 0 aliphatic heterocycles. The summed E-state index contributed by atoms with van der Waals surface area (Å²) in [5.74, 6) is 0.0773. The first-order valence-electron chi connectivity index (χ1n) is 5.94. The van der Waals surface area contributed by atoms with Gasteiger partial charge in [0, 0.05) is 17.1 Å². The number of nitrogens with zero attached hydrogens (tertiary/aromatic N) is 1. The molecule has 0 saturated heterocycles.